The van der Waals surface area contributed by atoms with Crippen molar-refractivity contribution in [1.82, 2.24) is 20.9 Å². The van der Waals surface area contributed by atoms with E-state index in [9.17, 15) is 19.2 Å². The van der Waals surface area contributed by atoms with Crippen molar-refractivity contribution >= 4 is 36.2 Å². The first-order valence-corrected chi connectivity index (χ1v) is 16.3. The Bertz CT molecular complexity index is 1710. The average molecular weight is 674 g/mol. The number of β-lactam (4-membered cyclic amide) rings is 1. The lowest BCUT2D eigenvalue weighted by Gasteiger charge is -2.44. The van der Waals surface area contributed by atoms with Crippen molar-refractivity contribution in [2.24, 2.45) is 10.9 Å². The first-order valence-electron chi connectivity index (χ1n) is 16.3. The SMILES string of the molecule is O=C(NC(=NCCCC1C(=O)N(C(=O)NCc2ccccc2)C1/C=C/c1ccccc1)NC(=O)OCc1ccccc1)OCc1ccccc1. The number of ether oxygens (including phenoxy) is 2. The van der Waals surface area contributed by atoms with Crippen LogP contribution in [-0.4, -0.2) is 47.6 Å². The molecule has 0 spiro atoms. The Balaban J connectivity index is 1.20. The second-order valence-corrected chi connectivity index (χ2v) is 11.5. The number of urea groups is 1. The number of amides is 5. The topological polar surface area (TPSA) is 138 Å². The predicted octanol–water partition coefficient (Wildman–Crippen LogP) is 6.43. The first kappa shape index (κ1) is 35.1. The van der Waals surface area contributed by atoms with Crippen LogP contribution in [-0.2, 0) is 34.0 Å². The Morgan fingerprint density at radius 1 is 0.700 bits per heavy atom. The van der Waals surface area contributed by atoms with E-state index in [1.165, 1.54) is 4.90 Å². The van der Waals surface area contributed by atoms with Gasteiger partial charge in [-0.3, -0.25) is 25.3 Å². The van der Waals surface area contributed by atoms with E-state index in [1.54, 1.807) is 0 Å². The van der Waals surface area contributed by atoms with Gasteiger partial charge in [0.05, 0.1) is 12.0 Å². The summed E-state index contributed by atoms with van der Waals surface area (Å²) in [5, 5.41) is 7.80. The Kier molecular flexibility index (Phi) is 12.9. The van der Waals surface area contributed by atoms with E-state index in [0.717, 1.165) is 22.3 Å². The molecule has 0 bridgehead atoms. The fourth-order valence-corrected chi connectivity index (χ4v) is 5.28. The van der Waals surface area contributed by atoms with E-state index in [2.05, 4.69) is 20.9 Å². The van der Waals surface area contributed by atoms with Gasteiger partial charge in [-0.05, 0) is 35.1 Å². The number of hydrogen-bond acceptors (Lipinski definition) is 7. The zero-order valence-electron chi connectivity index (χ0n) is 27.4. The van der Waals surface area contributed by atoms with Crippen LogP contribution >= 0.6 is 0 Å². The van der Waals surface area contributed by atoms with Gasteiger partial charge >= 0.3 is 18.2 Å². The summed E-state index contributed by atoms with van der Waals surface area (Å²) >= 11 is 0. The molecule has 256 valence electrons. The minimum absolute atomic E-state index is 0.0233. The van der Waals surface area contributed by atoms with Crippen molar-refractivity contribution in [3.05, 3.63) is 150 Å². The summed E-state index contributed by atoms with van der Waals surface area (Å²) in [6.45, 7) is 0.500. The summed E-state index contributed by atoms with van der Waals surface area (Å²) in [6.07, 6.45) is 2.98. The highest BCUT2D eigenvalue weighted by molar-refractivity contribution is 6.02. The van der Waals surface area contributed by atoms with Gasteiger partial charge in [-0.25, -0.2) is 14.4 Å². The average Bonchev–Trinajstić information content (AvgIpc) is 3.15. The molecule has 11 heteroatoms. The van der Waals surface area contributed by atoms with Gasteiger partial charge in [0.15, 0.2) is 0 Å². The van der Waals surface area contributed by atoms with Crippen LogP contribution in [0.2, 0.25) is 0 Å². The molecule has 1 aliphatic rings. The molecule has 0 aliphatic carbocycles. The molecule has 1 fully saturated rings. The Hall–Kier alpha value is -6.23. The van der Waals surface area contributed by atoms with Crippen LogP contribution in [0.25, 0.3) is 6.08 Å². The van der Waals surface area contributed by atoms with E-state index >= 15 is 0 Å². The van der Waals surface area contributed by atoms with Crippen LogP contribution in [0.1, 0.15) is 35.1 Å². The molecule has 3 N–H and O–H groups in total. The van der Waals surface area contributed by atoms with E-state index in [-0.39, 0.29) is 31.6 Å². The van der Waals surface area contributed by atoms with Crippen molar-refractivity contribution in [2.45, 2.75) is 38.6 Å². The van der Waals surface area contributed by atoms with Crippen LogP contribution in [0.3, 0.4) is 0 Å². The molecule has 2 unspecified atom stereocenters. The van der Waals surface area contributed by atoms with Gasteiger partial charge in [-0.15, -0.1) is 0 Å². The zero-order valence-corrected chi connectivity index (χ0v) is 27.4. The van der Waals surface area contributed by atoms with Crippen molar-refractivity contribution in [3.8, 4) is 0 Å². The fourth-order valence-electron chi connectivity index (χ4n) is 5.28. The Morgan fingerprint density at radius 3 is 1.74 bits per heavy atom. The summed E-state index contributed by atoms with van der Waals surface area (Å²) in [6, 6.07) is 36.5. The summed E-state index contributed by atoms with van der Waals surface area (Å²) in [4.78, 5) is 57.2. The minimum atomic E-state index is -0.812. The van der Waals surface area contributed by atoms with Gasteiger partial charge in [-0.2, -0.15) is 0 Å². The number of alkyl carbamates (subject to hydrolysis) is 2. The van der Waals surface area contributed by atoms with Crippen LogP contribution in [0.4, 0.5) is 14.4 Å². The van der Waals surface area contributed by atoms with Gasteiger partial charge in [0.1, 0.15) is 13.2 Å². The number of carbonyl (C=O) groups excluding carboxylic acids is 4. The monoisotopic (exact) mass is 673 g/mol. The summed E-state index contributed by atoms with van der Waals surface area (Å²) in [7, 11) is 0. The molecule has 5 amide bonds. The molecule has 1 aliphatic heterocycles. The predicted molar refractivity (Wildman–Crippen MR) is 189 cm³/mol. The molecule has 11 nitrogen and oxygen atoms in total. The van der Waals surface area contributed by atoms with E-state index in [0.29, 0.717) is 19.4 Å². The summed E-state index contributed by atoms with van der Waals surface area (Å²) < 4.78 is 10.6. The minimum Gasteiger partial charge on any atom is -0.444 e. The molecule has 4 aromatic rings. The number of aliphatic imine (C=N–C) groups is 1. The van der Waals surface area contributed by atoms with Crippen LogP contribution in [0.15, 0.2) is 132 Å². The van der Waals surface area contributed by atoms with Crippen molar-refractivity contribution in [3.63, 3.8) is 0 Å². The van der Waals surface area contributed by atoms with E-state index in [1.807, 2.05) is 133 Å². The second-order valence-electron chi connectivity index (χ2n) is 11.5. The Morgan fingerprint density at radius 2 is 1.20 bits per heavy atom. The molecule has 50 heavy (non-hydrogen) atoms. The lowest BCUT2D eigenvalue weighted by Crippen LogP contribution is -2.64. The Labute approximate surface area is 291 Å². The highest BCUT2D eigenvalue weighted by atomic mass is 16.6. The third-order valence-corrected chi connectivity index (χ3v) is 7.87. The standard InChI is InChI=1S/C39H39N5O6/c45-35-33(34(24-23-29-14-5-1-6-15-29)44(35)37(46)41-26-30-16-7-2-8-17-30)22-13-25-40-36(42-38(47)49-27-31-18-9-3-10-19-31)43-39(48)50-28-32-20-11-4-12-21-32/h1-12,14-21,23-24,33-34H,13,22,25-28H2,(H,41,46)(H2,40,42,43,47,48)/b24-23+. The maximum atomic E-state index is 13.3. The van der Waals surface area contributed by atoms with Gasteiger partial charge in [0.25, 0.3) is 0 Å². The molecule has 0 aromatic heterocycles. The smallest absolute Gasteiger partial charge is 0.414 e. The highest BCUT2D eigenvalue weighted by Gasteiger charge is 2.48. The van der Waals surface area contributed by atoms with Crippen LogP contribution < -0.4 is 16.0 Å². The number of rotatable bonds is 12. The fraction of sp³-hybridized carbons (Fsp3) is 0.205. The maximum absolute atomic E-state index is 13.3. The quantitative estimate of drug-likeness (QED) is 0.0686. The summed E-state index contributed by atoms with van der Waals surface area (Å²) in [5.74, 6) is -0.889. The number of guanidine groups is 1. The molecular formula is C39H39N5O6. The molecule has 2 atom stereocenters. The van der Waals surface area contributed by atoms with Crippen LogP contribution in [0, 0.1) is 5.92 Å². The molecule has 5 rings (SSSR count). The van der Waals surface area contributed by atoms with E-state index in [4.69, 9.17) is 9.47 Å². The number of nitrogens with zero attached hydrogens (tertiary/aromatic N) is 2. The molecule has 4 aromatic carbocycles. The number of imide groups is 1. The van der Waals surface area contributed by atoms with Gasteiger partial charge in [0.2, 0.25) is 11.9 Å². The second kappa shape index (κ2) is 18.3. The number of nitrogens with one attached hydrogen (secondary N) is 3. The maximum Gasteiger partial charge on any atom is 0.414 e. The third-order valence-electron chi connectivity index (χ3n) is 7.87. The van der Waals surface area contributed by atoms with Crippen molar-refractivity contribution in [1.29, 1.82) is 0 Å². The normalized spacial score (nSPS) is 15.0. The molecule has 0 saturated carbocycles. The molecule has 1 saturated heterocycles. The number of likely N-dealkylation sites (tertiary alicyclic amines) is 1. The number of hydrogen-bond donors (Lipinski definition) is 3. The van der Waals surface area contributed by atoms with Gasteiger partial charge in [-0.1, -0.05) is 133 Å². The lowest BCUT2D eigenvalue weighted by atomic mass is 9.83. The highest BCUT2D eigenvalue weighted by Crippen LogP contribution is 2.32. The zero-order chi connectivity index (χ0) is 35.0. The van der Waals surface area contributed by atoms with Gasteiger partial charge < -0.3 is 14.8 Å². The number of carbonyl (C=O) groups is 4. The van der Waals surface area contributed by atoms with Crippen molar-refractivity contribution < 1.29 is 28.7 Å². The molecule has 0 radical (unpaired) electrons. The summed E-state index contributed by atoms with van der Waals surface area (Å²) in [5.41, 5.74) is 3.45. The van der Waals surface area contributed by atoms with Crippen molar-refractivity contribution in [2.75, 3.05) is 6.54 Å². The third kappa shape index (κ3) is 10.6. The van der Waals surface area contributed by atoms with Crippen LogP contribution in [0.5, 0.6) is 0 Å². The number of benzene rings is 4. The van der Waals surface area contributed by atoms with E-state index < -0.39 is 30.2 Å². The lowest BCUT2D eigenvalue weighted by molar-refractivity contribution is -0.147. The van der Waals surface area contributed by atoms with Gasteiger partial charge in [0, 0.05) is 13.1 Å². The molecular weight excluding hydrogens is 634 g/mol. The largest absolute Gasteiger partial charge is 0.444 e. The molecule has 1 heterocycles. The first-order chi connectivity index (χ1) is 24.5.